The lowest BCUT2D eigenvalue weighted by atomic mass is 10.1. The summed E-state index contributed by atoms with van der Waals surface area (Å²) in [5, 5.41) is 0. The first-order chi connectivity index (χ1) is 15.1. The molecule has 0 aliphatic carbocycles. The van der Waals surface area contributed by atoms with Crippen LogP contribution >= 0.6 is 0 Å². The maximum Gasteiger partial charge on any atom is 0.262 e. The van der Waals surface area contributed by atoms with E-state index in [4.69, 9.17) is 0 Å². The first-order valence-electron chi connectivity index (χ1n) is 10.6. The molecule has 1 aliphatic rings. The van der Waals surface area contributed by atoms with Gasteiger partial charge in [0, 0.05) is 19.8 Å². The van der Waals surface area contributed by atoms with Crippen LogP contribution in [-0.4, -0.2) is 72.7 Å². The van der Waals surface area contributed by atoms with Gasteiger partial charge in [0.15, 0.2) is 0 Å². The minimum atomic E-state index is -1.60. The van der Waals surface area contributed by atoms with Gasteiger partial charge in [-0.3, -0.25) is 24.1 Å². The highest BCUT2D eigenvalue weighted by molar-refractivity contribution is 6.76. The van der Waals surface area contributed by atoms with E-state index < -0.39 is 25.8 Å². The summed E-state index contributed by atoms with van der Waals surface area (Å²) in [6.07, 6.45) is 0.668. The molecule has 0 bridgehead atoms. The molecule has 0 saturated carbocycles. The molecule has 0 saturated heterocycles. The molecule has 32 heavy (non-hydrogen) atoms. The Balaban J connectivity index is 1.65. The zero-order valence-corrected chi connectivity index (χ0v) is 20.0. The fourth-order valence-electron chi connectivity index (χ4n) is 3.64. The number of carbonyl (C=O) groups excluding carboxylic acids is 4. The molecule has 0 spiro atoms. The number of carbonyl (C=O) groups is 4. The van der Waals surface area contributed by atoms with Crippen LogP contribution in [0.3, 0.4) is 0 Å². The zero-order valence-electron chi connectivity index (χ0n) is 19.0. The largest absolute Gasteiger partial charge is 0.340 e. The van der Waals surface area contributed by atoms with E-state index in [1.54, 1.807) is 29.2 Å². The second-order valence-electron chi connectivity index (χ2n) is 9.29. The van der Waals surface area contributed by atoms with Crippen molar-refractivity contribution >= 4 is 31.7 Å². The van der Waals surface area contributed by atoms with Gasteiger partial charge < -0.3 is 9.80 Å². The van der Waals surface area contributed by atoms with E-state index in [-0.39, 0.29) is 19.0 Å². The van der Waals surface area contributed by atoms with E-state index in [0.29, 0.717) is 23.8 Å². The number of benzene rings is 2. The van der Waals surface area contributed by atoms with Crippen LogP contribution in [0.2, 0.25) is 19.6 Å². The molecular formula is C24H29N3O4Si. The SMILES string of the molecule is CN(CC(=O)N(Cc1ccccc1)C[Si](C)(C)C)C(=O)CN1C(=O)c2ccccc2C1=O. The van der Waals surface area contributed by atoms with Gasteiger partial charge in [0.2, 0.25) is 11.8 Å². The Bertz CT molecular complexity index is 998. The number of hydrogen-bond donors (Lipinski definition) is 0. The van der Waals surface area contributed by atoms with Gasteiger partial charge in [-0.25, -0.2) is 0 Å². The maximum absolute atomic E-state index is 13.1. The van der Waals surface area contributed by atoms with Crippen LogP contribution in [0.1, 0.15) is 26.3 Å². The van der Waals surface area contributed by atoms with Gasteiger partial charge in [-0.2, -0.15) is 0 Å². The van der Waals surface area contributed by atoms with Gasteiger partial charge in [-0.1, -0.05) is 62.1 Å². The van der Waals surface area contributed by atoms with Crippen molar-refractivity contribution in [1.29, 1.82) is 0 Å². The molecular weight excluding hydrogens is 422 g/mol. The van der Waals surface area contributed by atoms with Crippen LogP contribution in [0.15, 0.2) is 54.6 Å². The molecule has 0 atom stereocenters. The van der Waals surface area contributed by atoms with Crippen LogP contribution in [0, 0.1) is 0 Å². The summed E-state index contributed by atoms with van der Waals surface area (Å²) in [4.78, 5) is 54.9. The Morgan fingerprint density at radius 1 is 0.844 bits per heavy atom. The molecule has 2 aromatic carbocycles. The minimum Gasteiger partial charge on any atom is -0.340 e. The van der Waals surface area contributed by atoms with E-state index in [9.17, 15) is 19.2 Å². The van der Waals surface area contributed by atoms with Crippen molar-refractivity contribution in [2.75, 3.05) is 26.3 Å². The lowest BCUT2D eigenvalue weighted by Crippen LogP contribution is -2.49. The maximum atomic E-state index is 13.1. The molecule has 0 N–H and O–H groups in total. The minimum absolute atomic E-state index is 0.112. The van der Waals surface area contributed by atoms with Crippen LogP contribution in [0.4, 0.5) is 0 Å². The topological polar surface area (TPSA) is 78.0 Å². The quantitative estimate of drug-likeness (QED) is 0.457. The highest BCUT2D eigenvalue weighted by atomic mass is 28.3. The van der Waals surface area contributed by atoms with Crippen molar-refractivity contribution in [1.82, 2.24) is 14.7 Å². The molecule has 0 radical (unpaired) electrons. The third-order valence-electron chi connectivity index (χ3n) is 5.20. The molecule has 0 fully saturated rings. The van der Waals surface area contributed by atoms with Crippen molar-refractivity contribution in [3.05, 3.63) is 71.3 Å². The first kappa shape index (κ1) is 23.4. The second kappa shape index (κ2) is 9.48. The molecule has 0 aromatic heterocycles. The predicted molar refractivity (Wildman–Crippen MR) is 125 cm³/mol. The Morgan fingerprint density at radius 2 is 1.38 bits per heavy atom. The molecule has 0 unspecified atom stereocenters. The summed E-state index contributed by atoms with van der Waals surface area (Å²) in [5.41, 5.74) is 1.63. The fourth-order valence-corrected chi connectivity index (χ4v) is 5.07. The molecule has 1 heterocycles. The average molecular weight is 452 g/mol. The molecule has 4 amide bonds. The van der Waals surface area contributed by atoms with Crippen LogP contribution in [-0.2, 0) is 16.1 Å². The highest BCUT2D eigenvalue weighted by Crippen LogP contribution is 2.22. The van der Waals surface area contributed by atoms with Gasteiger partial charge >= 0.3 is 0 Å². The number of rotatable bonds is 8. The lowest BCUT2D eigenvalue weighted by molar-refractivity contribution is -0.139. The van der Waals surface area contributed by atoms with Crippen LogP contribution < -0.4 is 0 Å². The summed E-state index contributed by atoms with van der Waals surface area (Å²) >= 11 is 0. The molecule has 3 rings (SSSR count). The zero-order chi connectivity index (χ0) is 23.5. The van der Waals surface area contributed by atoms with Crippen molar-refractivity contribution in [2.45, 2.75) is 26.2 Å². The van der Waals surface area contributed by atoms with Crippen molar-refractivity contribution in [2.24, 2.45) is 0 Å². The third-order valence-corrected chi connectivity index (χ3v) is 6.53. The standard InChI is InChI=1S/C24H29N3O4Si/c1-25(21(28)16-27-23(30)19-12-8-9-13-20(19)24(27)31)15-22(29)26(17-32(2,3)4)14-18-10-6-5-7-11-18/h5-13H,14-17H2,1-4H3. The molecule has 168 valence electrons. The van der Waals surface area contributed by atoms with Gasteiger partial charge in [-0.05, 0) is 17.7 Å². The number of hydrogen-bond acceptors (Lipinski definition) is 4. The van der Waals surface area contributed by atoms with Crippen molar-refractivity contribution in [3.8, 4) is 0 Å². The van der Waals surface area contributed by atoms with Gasteiger partial charge in [0.25, 0.3) is 11.8 Å². The molecule has 2 aromatic rings. The molecule has 7 nitrogen and oxygen atoms in total. The Labute approximate surface area is 189 Å². The number of amides is 4. The Kier molecular flexibility index (Phi) is 6.93. The van der Waals surface area contributed by atoms with E-state index in [2.05, 4.69) is 19.6 Å². The lowest BCUT2D eigenvalue weighted by Gasteiger charge is -2.31. The van der Waals surface area contributed by atoms with Crippen molar-refractivity contribution in [3.63, 3.8) is 0 Å². The van der Waals surface area contributed by atoms with E-state index in [0.717, 1.165) is 10.5 Å². The predicted octanol–water partition coefficient (Wildman–Crippen LogP) is 2.65. The fraction of sp³-hybridized carbons (Fsp3) is 0.333. The smallest absolute Gasteiger partial charge is 0.262 e. The number of nitrogens with zero attached hydrogens (tertiary/aromatic N) is 3. The summed E-state index contributed by atoms with van der Waals surface area (Å²) < 4.78 is 0. The third kappa shape index (κ3) is 5.50. The normalized spacial score (nSPS) is 13.2. The van der Waals surface area contributed by atoms with Crippen molar-refractivity contribution < 1.29 is 19.2 Å². The average Bonchev–Trinajstić information content (AvgIpc) is 2.98. The van der Waals surface area contributed by atoms with E-state index in [1.807, 2.05) is 30.3 Å². The summed E-state index contributed by atoms with van der Waals surface area (Å²) in [7, 11) is -0.0737. The Morgan fingerprint density at radius 3 is 1.91 bits per heavy atom. The number of likely N-dealkylation sites (N-methyl/N-ethyl adjacent to an activating group) is 1. The van der Waals surface area contributed by atoms with Crippen LogP contribution in [0.5, 0.6) is 0 Å². The van der Waals surface area contributed by atoms with E-state index >= 15 is 0 Å². The van der Waals surface area contributed by atoms with Gasteiger partial charge in [-0.15, -0.1) is 0 Å². The number of fused-ring (bicyclic) bond motifs is 1. The molecule has 8 heteroatoms. The summed E-state index contributed by atoms with van der Waals surface area (Å²) in [6, 6.07) is 16.3. The van der Waals surface area contributed by atoms with Crippen LogP contribution in [0.25, 0.3) is 0 Å². The Hall–Kier alpha value is -3.26. The second-order valence-corrected chi connectivity index (χ2v) is 14.7. The monoisotopic (exact) mass is 451 g/mol. The highest BCUT2D eigenvalue weighted by Gasteiger charge is 2.37. The molecule has 1 aliphatic heterocycles. The van der Waals surface area contributed by atoms with Gasteiger partial charge in [0.05, 0.1) is 25.7 Å². The van der Waals surface area contributed by atoms with Gasteiger partial charge in [0.1, 0.15) is 6.54 Å². The summed E-state index contributed by atoms with van der Waals surface area (Å²) in [5.74, 6) is -1.58. The van der Waals surface area contributed by atoms with E-state index in [1.165, 1.54) is 11.9 Å². The summed E-state index contributed by atoms with van der Waals surface area (Å²) in [6.45, 7) is 6.55. The first-order valence-corrected chi connectivity index (χ1v) is 14.3. The number of imide groups is 1.